The number of hydrogen-bond acceptors (Lipinski definition) is 3. The molecule has 1 N–H and O–H groups in total. The third-order valence-electron chi connectivity index (χ3n) is 4.09. The summed E-state index contributed by atoms with van der Waals surface area (Å²) in [4.78, 5) is 2.62. The van der Waals surface area contributed by atoms with Crippen LogP contribution < -0.4 is 4.74 Å². The molecule has 3 nitrogen and oxygen atoms in total. The molecule has 0 fully saturated rings. The minimum atomic E-state index is 0.219. The van der Waals surface area contributed by atoms with E-state index < -0.39 is 0 Å². The van der Waals surface area contributed by atoms with Crippen molar-refractivity contribution in [2.75, 3.05) is 26.7 Å². The van der Waals surface area contributed by atoms with Gasteiger partial charge >= 0.3 is 0 Å². The van der Waals surface area contributed by atoms with Gasteiger partial charge in [0, 0.05) is 0 Å². The average Bonchev–Trinajstić information content (AvgIpc) is 2.54. The van der Waals surface area contributed by atoms with Gasteiger partial charge in [0.05, 0.1) is 7.11 Å². The number of aryl methyl sites for hydroxylation is 1. The number of benzene rings is 1. The molecule has 1 aromatic carbocycles. The lowest BCUT2D eigenvalue weighted by molar-refractivity contribution is 0.260. The number of phenols is 1. The molecule has 0 bridgehead atoms. The number of rotatable bonds is 12. The molecular formula is C19H33NO2. The summed E-state index contributed by atoms with van der Waals surface area (Å²) in [5, 5.41) is 9.61. The molecule has 0 aliphatic rings. The van der Waals surface area contributed by atoms with Gasteiger partial charge in [0.15, 0.2) is 11.5 Å². The van der Waals surface area contributed by atoms with Crippen molar-refractivity contribution in [1.29, 1.82) is 0 Å². The summed E-state index contributed by atoms with van der Waals surface area (Å²) >= 11 is 0. The summed E-state index contributed by atoms with van der Waals surface area (Å²) in [6.07, 6.45) is 8.62. The Morgan fingerprint density at radius 3 is 2.18 bits per heavy atom. The molecule has 0 atom stereocenters. The molecule has 0 aliphatic carbocycles. The Morgan fingerprint density at radius 1 is 0.955 bits per heavy atom. The summed E-state index contributed by atoms with van der Waals surface area (Å²) in [7, 11) is 1.60. The lowest BCUT2D eigenvalue weighted by Gasteiger charge is -2.21. The quantitative estimate of drug-likeness (QED) is 0.572. The van der Waals surface area contributed by atoms with Gasteiger partial charge in [-0.2, -0.15) is 0 Å². The SMILES string of the molecule is CCCCN(CCCC)CCCCc1ccc(O)c(OC)c1. The smallest absolute Gasteiger partial charge is 0.160 e. The van der Waals surface area contributed by atoms with E-state index in [0.29, 0.717) is 5.75 Å². The molecule has 0 amide bonds. The molecule has 0 spiro atoms. The van der Waals surface area contributed by atoms with E-state index in [4.69, 9.17) is 4.74 Å². The first-order chi connectivity index (χ1) is 10.7. The third-order valence-corrected chi connectivity index (χ3v) is 4.09. The van der Waals surface area contributed by atoms with E-state index in [0.717, 1.165) is 6.42 Å². The molecule has 126 valence electrons. The Balaban J connectivity index is 2.32. The molecule has 0 aliphatic heterocycles. The van der Waals surface area contributed by atoms with Crippen LogP contribution >= 0.6 is 0 Å². The molecule has 1 aromatic rings. The van der Waals surface area contributed by atoms with Crippen molar-refractivity contribution in [3.05, 3.63) is 23.8 Å². The number of nitrogens with zero attached hydrogens (tertiary/aromatic N) is 1. The summed E-state index contributed by atoms with van der Waals surface area (Å²) in [5.41, 5.74) is 1.24. The summed E-state index contributed by atoms with van der Waals surface area (Å²) < 4.78 is 5.16. The zero-order valence-electron chi connectivity index (χ0n) is 14.6. The number of unbranched alkanes of at least 4 members (excludes halogenated alkanes) is 3. The van der Waals surface area contributed by atoms with Crippen LogP contribution in [0.25, 0.3) is 0 Å². The fraction of sp³-hybridized carbons (Fsp3) is 0.684. The van der Waals surface area contributed by atoms with Crippen molar-refractivity contribution in [3.8, 4) is 11.5 Å². The van der Waals surface area contributed by atoms with E-state index in [1.165, 1.54) is 63.7 Å². The van der Waals surface area contributed by atoms with E-state index in [1.54, 1.807) is 13.2 Å². The Kier molecular flexibility index (Phi) is 9.72. The van der Waals surface area contributed by atoms with Gasteiger partial charge in [0.25, 0.3) is 0 Å². The van der Waals surface area contributed by atoms with Crippen LogP contribution in [-0.4, -0.2) is 36.8 Å². The first-order valence-corrected chi connectivity index (χ1v) is 8.79. The van der Waals surface area contributed by atoms with Gasteiger partial charge in [0.1, 0.15) is 0 Å². The first kappa shape index (κ1) is 18.8. The van der Waals surface area contributed by atoms with E-state index in [2.05, 4.69) is 18.7 Å². The van der Waals surface area contributed by atoms with Crippen molar-refractivity contribution in [2.24, 2.45) is 0 Å². The zero-order chi connectivity index (χ0) is 16.2. The van der Waals surface area contributed by atoms with Gasteiger partial charge in [-0.05, 0) is 69.4 Å². The maximum Gasteiger partial charge on any atom is 0.160 e. The highest BCUT2D eigenvalue weighted by Gasteiger charge is 2.05. The van der Waals surface area contributed by atoms with Crippen molar-refractivity contribution in [3.63, 3.8) is 0 Å². The van der Waals surface area contributed by atoms with Crippen molar-refractivity contribution in [2.45, 2.75) is 58.8 Å². The highest BCUT2D eigenvalue weighted by molar-refractivity contribution is 5.41. The molecule has 0 saturated heterocycles. The average molecular weight is 307 g/mol. The van der Waals surface area contributed by atoms with Crippen LogP contribution in [0.15, 0.2) is 18.2 Å². The minimum Gasteiger partial charge on any atom is -0.504 e. The maximum absolute atomic E-state index is 9.61. The summed E-state index contributed by atoms with van der Waals surface area (Å²) in [5.74, 6) is 0.793. The normalized spacial score (nSPS) is 11.1. The first-order valence-electron chi connectivity index (χ1n) is 8.79. The number of methoxy groups -OCH3 is 1. The fourth-order valence-corrected chi connectivity index (χ4v) is 2.64. The Bertz CT molecular complexity index is 398. The Morgan fingerprint density at radius 2 is 1.59 bits per heavy atom. The zero-order valence-corrected chi connectivity index (χ0v) is 14.6. The van der Waals surface area contributed by atoms with E-state index >= 15 is 0 Å². The number of phenolic OH excluding ortho intramolecular Hbond substituents is 1. The van der Waals surface area contributed by atoms with Crippen LogP contribution in [0.4, 0.5) is 0 Å². The molecule has 0 aromatic heterocycles. The summed E-state index contributed by atoms with van der Waals surface area (Å²) in [6.45, 7) is 8.20. The van der Waals surface area contributed by atoms with Crippen LogP contribution in [0.1, 0.15) is 57.9 Å². The second kappa shape index (κ2) is 11.4. The Labute approximate surface area is 136 Å². The predicted octanol–water partition coefficient (Wildman–Crippen LogP) is 4.63. The third kappa shape index (κ3) is 7.17. The van der Waals surface area contributed by atoms with Crippen LogP contribution in [0, 0.1) is 0 Å². The van der Waals surface area contributed by atoms with Gasteiger partial charge in [-0.25, -0.2) is 0 Å². The molecule has 0 unspecified atom stereocenters. The molecule has 1 rings (SSSR count). The lowest BCUT2D eigenvalue weighted by Crippen LogP contribution is -2.27. The standard InChI is InChI=1S/C19H33NO2/c1-4-6-13-20(14-7-5-2)15-9-8-10-17-11-12-18(21)19(16-17)22-3/h11-12,16,21H,4-10,13-15H2,1-3H3. The van der Waals surface area contributed by atoms with Crippen LogP contribution in [-0.2, 0) is 6.42 Å². The fourth-order valence-electron chi connectivity index (χ4n) is 2.64. The number of aromatic hydroxyl groups is 1. The second-order valence-electron chi connectivity index (χ2n) is 6.01. The van der Waals surface area contributed by atoms with Crippen molar-refractivity contribution >= 4 is 0 Å². The van der Waals surface area contributed by atoms with Gasteiger partial charge in [-0.3, -0.25) is 0 Å². The van der Waals surface area contributed by atoms with E-state index in [9.17, 15) is 5.11 Å². The van der Waals surface area contributed by atoms with Gasteiger partial charge in [0.2, 0.25) is 0 Å². The van der Waals surface area contributed by atoms with E-state index in [-0.39, 0.29) is 5.75 Å². The molecule has 3 heteroatoms. The van der Waals surface area contributed by atoms with Gasteiger partial charge < -0.3 is 14.7 Å². The molecule has 0 radical (unpaired) electrons. The Hall–Kier alpha value is -1.22. The largest absolute Gasteiger partial charge is 0.504 e. The highest BCUT2D eigenvalue weighted by Crippen LogP contribution is 2.26. The van der Waals surface area contributed by atoms with Crippen LogP contribution in [0.2, 0.25) is 0 Å². The molecule has 22 heavy (non-hydrogen) atoms. The van der Waals surface area contributed by atoms with Crippen LogP contribution in [0.5, 0.6) is 11.5 Å². The van der Waals surface area contributed by atoms with E-state index in [1.807, 2.05) is 12.1 Å². The minimum absolute atomic E-state index is 0.219. The predicted molar refractivity (Wildman–Crippen MR) is 93.9 cm³/mol. The van der Waals surface area contributed by atoms with Crippen LogP contribution in [0.3, 0.4) is 0 Å². The highest BCUT2D eigenvalue weighted by atomic mass is 16.5. The molecule has 0 saturated carbocycles. The number of hydrogen-bond donors (Lipinski definition) is 1. The second-order valence-corrected chi connectivity index (χ2v) is 6.01. The molecule has 0 heterocycles. The maximum atomic E-state index is 9.61. The van der Waals surface area contributed by atoms with Crippen molar-refractivity contribution < 1.29 is 9.84 Å². The molecular weight excluding hydrogens is 274 g/mol. The van der Waals surface area contributed by atoms with Gasteiger partial charge in [-0.15, -0.1) is 0 Å². The topological polar surface area (TPSA) is 32.7 Å². The monoisotopic (exact) mass is 307 g/mol. The van der Waals surface area contributed by atoms with Gasteiger partial charge in [-0.1, -0.05) is 32.8 Å². The summed E-state index contributed by atoms with van der Waals surface area (Å²) in [6, 6.07) is 5.66. The lowest BCUT2D eigenvalue weighted by atomic mass is 10.1. The van der Waals surface area contributed by atoms with Crippen molar-refractivity contribution in [1.82, 2.24) is 4.90 Å². The number of ether oxygens (including phenoxy) is 1.